The van der Waals surface area contributed by atoms with E-state index in [4.69, 9.17) is 4.84 Å². The molecule has 0 saturated carbocycles. The molecule has 0 radical (unpaired) electrons. The molecular weight excluding hydrogens is 267 g/mol. The average molecular weight is 284 g/mol. The minimum absolute atomic E-state index is 0.0359. The Morgan fingerprint density at radius 2 is 2.00 bits per heavy atom. The van der Waals surface area contributed by atoms with Crippen molar-refractivity contribution in [2.24, 2.45) is 5.16 Å². The molecule has 1 heterocycles. The van der Waals surface area contributed by atoms with Crippen LogP contribution in [0.15, 0.2) is 59.8 Å². The van der Waals surface area contributed by atoms with Crippen LogP contribution < -0.4 is 5.32 Å². The molecule has 21 heavy (non-hydrogen) atoms. The Hall–Kier alpha value is -2.20. The molecule has 0 spiro atoms. The lowest BCUT2D eigenvalue weighted by atomic mass is 10.1. The van der Waals surface area contributed by atoms with Crippen molar-refractivity contribution in [2.45, 2.75) is 19.1 Å². The Bertz CT molecular complexity index is 628. The van der Waals surface area contributed by atoms with Crippen molar-refractivity contribution in [3.63, 3.8) is 0 Å². The van der Waals surface area contributed by atoms with Gasteiger partial charge >= 0.3 is 0 Å². The third-order valence-electron chi connectivity index (χ3n) is 3.43. The first kappa shape index (κ1) is 13.8. The highest BCUT2D eigenvalue weighted by molar-refractivity contribution is 6.01. The Labute approximate surface area is 123 Å². The first-order valence-electron chi connectivity index (χ1n) is 7.04. The minimum atomic E-state index is -0.207. The Kier molecular flexibility index (Phi) is 4.26. The minimum Gasteiger partial charge on any atom is -0.390 e. The van der Waals surface area contributed by atoms with Gasteiger partial charge in [0, 0.05) is 19.5 Å². The maximum atomic E-state index is 13.1. The molecule has 3 rings (SSSR count). The third-order valence-corrected chi connectivity index (χ3v) is 3.43. The summed E-state index contributed by atoms with van der Waals surface area (Å²) < 4.78 is 13.1. The summed E-state index contributed by atoms with van der Waals surface area (Å²) in [5, 5.41) is 7.42. The molecule has 0 aliphatic carbocycles. The van der Waals surface area contributed by atoms with Gasteiger partial charge in [-0.25, -0.2) is 4.39 Å². The van der Waals surface area contributed by atoms with Gasteiger partial charge in [0.15, 0.2) is 0 Å². The number of hydrogen-bond acceptors (Lipinski definition) is 3. The van der Waals surface area contributed by atoms with E-state index < -0.39 is 0 Å². The van der Waals surface area contributed by atoms with E-state index in [1.165, 1.54) is 12.1 Å². The molecule has 1 aliphatic rings. The smallest absolute Gasteiger partial charge is 0.145 e. The molecule has 0 unspecified atom stereocenters. The number of nitrogens with zero attached hydrogens (tertiary/aromatic N) is 1. The van der Waals surface area contributed by atoms with E-state index in [2.05, 4.69) is 10.5 Å². The fourth-order valence-corrected chi connectivity index (χ4v) is 2.36. The first-order valence-corrected chi connectivity index (χ1v) is 7.04. The number of rotatable bonds is 5. The van der Waals surface area contributed by atoms with Gasteiger partial charge in [0.1, 0.15) is 11.9 Å². The molecule has 2 aromatic carbocycles. The van der Waals surface area contributed by atoms with Gasteiger partial charge in [-0.2, -0.15) is 0 Å². The molecule has 0 bridgehead atoms. The normalized spacial score (nSPS) is 17.4. The van der Waals surface area contributed by atoms with Gasteiger partial charge in [-0.15, -0.1) is 0 Å². The van der Waals surface area contributed by atoms with Crippen molar-refractivity contribution in [3.8, 4) is 0 Å². The zero-order chi connectivity index (χ0) is 14.5. The highest BCUT2D eigenvalue weighted by Crippen LogP contribution is 2.16. The van der Waals surface area contributed by atoms with Crippen molar-refractivity contribution in [1.82, 2.24) is 5.32 Å². The Morgan fingerprint density at radius 1 is 1.14 bits per heavy atom. The lowest BCUT2D eigenvalue weighted by Gasteiger charge is -2.09. The number of nitrogens with one attached hydrogen (secondary N) is 1. The topological polar surface area (TPSA) is 33.6 Å². The molecule has 2 aromatic rings. The molecule has 1 atom stereocenters. The van der Waals surface area contributed by atoms with Crippen LogP contribution >= 0.6 is 0 Å². The van der Waals surface area contributed by atoms with Gasteiger partial charge < -0.3 is 10.2 Å². The van der Waals surface area contributed by atoms with Crippen LogP contribution in [0.3, 0.4) is 0 Å². The van der Waals surface area contributed by atoms with E-state index in [0.29, 0.717) is 13.1 Å². The molecule has 0 fully saturated rings. The molecule has 0 aromatic heterocycles. The van der Waals surface area contributed by atoms with E-state index in [9.17, 15) is 4.39 Å². The summed E-state index contributed by atoms with van der Waals surface area (Å²) in [7, 11) is 0. The average Bonchev–Trinajstić information content (AvgIpc) is 2.97. The summed E-state index contributed by atoms with van der Waals surface area (Å²) in [6, 6.07) is 16.6. The summed E-state index contributed by atoms with van der Waals surface area (Å²) in [6.45, 7) is 1.31. The number of hydrogen-bond donors (Lipinski definition) is 1. The highest BCUT2D eigenvalue weighted by atomic mass is 19.1. The highest BCUT2D eigenvalue weighted by Gasteiger charge is 2.21. The summed E-state index contributed by atoms with van der Waals surface area (Å²) in [4.78, 5) is 5.43. The molecule has 1 N–H and O–H groups in total. The lowest BCUT2D eigenvalue weighted by Crippen LogP contribution is -2.26. The maximum Gasteiger partial charge on any atom is 0.145 e. The van der Waals surface area contributed by atoms with Gasteiger partial charge in [0.25, 0.3) is 0 Å². The van der Waals surface area contributed by atoms with E-state index in [1.807, 2.05) is 36.4 Å². The van der Waals surface area contributed by atoms with Crippen LogP contribution in [-0.4, -0.2) is 18.4 Å². The standard InChI is InChI=1S/C17H17FN2O/c18-15-8-4-5-13(9-15)11-19-12-16-10-17(20-21-16)14-6-2-1-3-7-14/h1-9,16,19H,10-12H2/t16-/m0/s1. The van der Waals surface area contributed by atoms with Crippen LogP contribution in [-0.2, 0) is 11.4 Å². The fraction of sp³-hybridized carbons (Fsp3) is 0.235. The summed E-state index contributed by atoms with van der Waals surface area (Å²) in [6.07, 6.45) is 0.828. The number of benzene rings is 2. The molecule has 4 heteroatoms. The van der Waals surface area contributed by atoms with Gasteiger partial charge in [-0.1, -0.05) is 47.6 Å². The van der Waals surface area contributed by atoms with Crippen molar-refractivity contribution >= 4 is 5.71 Å². The fourth-order valence-electron chi connectivity index (χ4n) is 2.36. The van der Waals surface area contributed by atoms with E-state index in [-0.39, 0.29) is 11.9 Å². The van der Waals surface area contributed by atoms with Crippen molar-refractivity contribution < 1.29 is 9.23 Å². The van der Waals surface area contributed by atoms with Gasteiger partial charge in [-0.05, 0) is 23.3 Å². The molecule has 0 amide bonds. The van der Waals surface area contributed by atoms with Crippen LogP contribution in [0.4, 0.5) is 4.39 Å². The van der Waals surface area contributed by atoms with E-state index >= 15 is 0 Å². The van der Waals surface area contributed by atoms with Gasteiger partial charge in [0.05, 0.1) is 5.71 Å². The molecular formula is C17H17FN2O. The van der Waals surface area contributed by atoms with E-state index in [1.54, 1.807) is 6.07 Å². The number of halogens is 1. The van der Waals surface area contributed by atoms with Crippen LogP contribution in [0.1, 0.15) is 17.5 Å². The molecule has 1 aliphatic heterocycles. The first-order chi connectivity index (χ1) is 10.3. The van der Waals surface area contributed by atoms with Gasteiger partial charge in [0.2, 0.25) is 0 Å². The second kappa shape index (κ2) is 6.50. The summed E-state index contributed by atoms with van der Waals surface area (Å²) in [5.74, 6) is -0.207. The van der Waals surface area contributed by atoms with Crippen molar-refractivity contribution in [2.75, 3.05) is 6.54 Å². The third kappa shape index (κ3) is 3.67. The second-order valence-corrected chi connectivity index (χ2v) is 5.10. The second-order valence-electron chi connectivity index (χ2n) is 5.10. The summed E-state index contributed by atoms with van der Waals surface area (Å²) in [5.41, 5.74) is 3.01. The SMILES string of the molecule is Fc1cccc(CNC[C@@H]2CC(c3ccccc3)=NO2)c1. The molecule has 3 nitrogen and oxygen atoms in total. The number of oxime groups is 1. The zero-order valence-electron chi connectivity index (χ0n) is 11.6. The lowest BCUT2D eigenvalue weighted by molar-refractivity contribution is 0.0848. The van der Waals surface area contributed by atoms with E-state index in [0.717, 1.165) is 23.3 Å². The molecule has 0 saturated heterocycles. The molecule has 108 valence electrons. The quantitative estimate of drug-likeness (QED) is 0.915. The van der Waals surface area contributed by atoms with Crippen molar-refractivity contribution in [3.05, 3.63) is 71.5 Å². The van der Waals surface area contributed by atoms with Crippen LogP contribution in [0.25, 0.3) is 0 Å². The predicted octanol–water partition coefficient (Wildman–Crippen LogP) is 3.11. The van der Waals surface area contributed by atoms with Crippen molar-refractivity contribution in [1.29, 1.82) is 0 Å². The largest absolute Gasteiger partial charge is 0.390 e. The monoisotopic (exact) mass is 284 g/mol. The Morgan fingerprint density at radius 3 is 2.81 bits per heavy atom. The van der Waals surface area contributed by atoms with Crippen LogP contribution in [0.5, 0.6) is 0 Å². The Balaban J connectivity index is 1.46. The maximum absolute atomic E-state index is 13.1. The zero-order valence-corrected chi connectivity index (χ0v) is 11.6. The summed E-state index contributed by atoms with van der Waals surface area (Å²) >= 11 is 0. The predicted molar refractivity (Wildman–Crippen MR) is 80.6 cm³/mol. The van der Waals surface area contributed by atoms with Crippen LogP contribution in [0.2, 0.25) is 0 Å². The van der Waals surface area contributed by atoms with Crippen LogP contribution in [0, 0.1) is 5.82 Å². The van der Waals surface area contributed by atoms with Gasteiger partial charge in [-0.3, -0.25) is 0 Å².